The van der Waals surface area contributed by atoms with Crippen LogP contribution in [0.5, 0.6) is 0 Å². The van der Waals surface area contributed by atoms with Crippen LogP contribution >= 0.6 is 0 Å². The highest BCUT2D eigenvalue weighted by Gasteiger charge is 2.20. The van der Waals surface area contributed by atoms with Crippen LogP contribution in [0.15, 0.2) is 59.1 Å². The molecule has 0 saturated carbocycles. The molecule has 1 aromatic heterocycles. The Kier molecular flexibility index (Phi) is 5.83. The molecule has 28 heavy (non-hydrogen) atoms. The van der Waals surface area contributed by atoms with E-state index in [1.54, 1.807) is 6.07 Å². The second-order valence-corrected chi connectivity index (χ2v) is 8.09. The van der Waals surface area contributed by atoms with Crippen molar-refractivity contribution in [3.05, 3.63) is 77.0 Å². The van der Waals surface area contributed by atoms with Crippen LogP contribution in [0.1, 0.15) is 43.2 Å². The molecule has 146 valence electrons. The monoisotopic (exact) mass is 377 g/mol. The molecule has 2 N–H and O–H groups in total. The summed E-state index contributed by atoms with van der Waals surface area (Å²) >= 11 is 0. The number of carbonyl (C=O) groups is 1. The lowest BCUT2D eigenvalue weighted by Crippen LogP contribution is -2.19. The van der Waals surface area contributed by atoms with Crippen molar-refractivity contribution >= 4 is 17.5 Å². The number of amides is 2. The van der Waals surface area contributed by atoms with Crippen LogP contribution in [-0.4, -0.2) is 11.2 Å². The molecular weight excluding hydrogens is 350 g/mol. The molecule has 0 unspecified atom stereocenters. The van der Waals surface area contributed by atoms with E-state index in [0.29, 0.717) is 5.82 Å². The number of anilines is 2. The number of nitrogens with zero attached hydrogens (tertiary/aromatic N) is 1. The van der Waals surface area contributed by atoms with E-state index in [1.165, 1.54) is 16.7 Å². The van der Waals surface area contributed by atoms with Gasteiger partial charge in [-0.3, -0.25) is 5.32 Å². The first-order valence-corrected chi connectivity index (χ1v) is 9.49. The van der Waals surface area contributed by atoms with Crippen LogP contribution < -0.4 is 10.6 Å². The zero-order valence-corrected chi connectivity index (χ0v) is 16.9. The average molecular weight is 377 g/mol. The minimum absolute atomic E-state index is 0.155. The molecule has 0 fully saturated rings. The lowest BCUT2D eigenvalue weighted by molar-refractivity contribution is 0.262. The number of hydrogen-bond donors (Lipinski definition) is 2. The molecule has 0 aliphatic rings. The Bertz CT molecular complexity index is 920. The minimum atomic E-state index is -0.346. The van der Waals surface area contributed by atoms with Crippen LogP contribution in [0.2, 0.25) is 0 Å². The largest absolute Gasteiger partial charge is 0.359 e. The number of aryl methyl sites for hydroxylation is 3. The van der Waals surface area contributed by atoms with Gasteiger partial charge >= 0.3 is 6.03 Å². The summed E-state index contributed by atoms with van der Waals surface area (Å²) in [6, 6.07) is 17.9. The maximum absolute atomic E-state index is 12.2. The zero-order valence-electron chi connectivity index (χ0n) is 16.9. The molecule has 0 saturated heterocycles. The third-order valence-electron chi connectivity index (χ3n) is 4.53. The third-order valence-corrected chi connectivity index (χ3v) is 4.53. The fourth-order valence-electron chi connectivity index (χ4n) is 2.76. The average Bonchev–Trinajstić information content (AvgIpc) is 3.11. The summed E-state index contributed by atoms with van der Waals surface area (Å²) in [6.45, 7) is 8.17. The van der Waals surface area contributed by atoms with Gasteiger partial charge in [-0.1, -0.05) is 67.9 Å². The maximum atomic E-state index is 12.2. The number of aromatic nitrogens is 1. The van der Waals surface area contributed by atoms with Crippen molar-refractivity contribution < 1.29 is 9.32 Å². The Labute approximate surface area is 166 Å². The van der Waals surface area contributed by atoms with E-state index in [2.05, 4.69) is 47.0 Å². The van der Waals surface area contributed by atoms with Gasteiger partial charge in [-0.15, -0.1) is 0 Å². The predicted octanol–water partition coefficient (Wildman–Crippen LogP) is 5.71. The molecular formula is C23H27N3O2. The summed E-state index contributed by atoms with van der Waals surface area (Å²) in [5, 5.41) is 9.40. The van der Waals surface area contributed by atoms with Crippen molar-refractivity contribution in [3.8, 4) is 0 Å². The van der Waals surface area contributed by atoms with Gasteiger partial charge in [-0.05, 0) is 43.0 Å². The van der Waals surface area contributed by atoms with Crippen molar-refractivity contribution in [2.45, 2.75) is 46.0 Å². The minimum Gasteiger partial charge on any atom is -0.359 e. The van der Waals surface area contributed by atoms with E-state index in [0.717, 1.165) is 24.3 Å². The fraction of sp³-hybridized carbons (Fsp3) is 0.304. The van der Waals surface area contributed by atoms with Crippen molar-refractivity contribution in [1.29, 1.82) is 0 Å². The van der Waals surface area contributed by atoms with E-state index >= 15 is 0 Å². The first kappa shape index (κ1) is 19.7. The normalized spacial score (nSPS) is 11.3. The quantitative estimate of drug-likeness (QED) is 0.598. The van der Waals surface area contributed by atoms with Crippen LogP contribution in [0.4, 0.5) is 16.3 Å². The topological polar surface area (TPSA) is 67.2 Å². The van der Waals surface area contributed by atoms with Crippen molar-refractivity contribution in [1.82, 2.24) is 5.16 Å². The summed E-state index contributed by atoms with van der Waals surface area (Å²) in [7, 11) is 0. The van der Waals surface area contributed by atoms with Crippen LogP contribution in [-0.2, 0) is 18.3 Å². The number of benzene rings is 2. The summed E-state index contributed by atoms with van der Waals surface area (Å²) in [6.07, 6.45) is 1.96. The number of hydrogen-bond acceptors (Lipinski definition) is 3. The molecule has 2 aromatic carbocycles. The lowest BCUT2D eigenvalue weighted by Gasteiger charge is -2.12. The summed E-state index contributed by atoms with van der Waals surface area (Å²) in [4.78, 5) is 12.2. The van der Waals surface area contributed by atoms with Gasteiger partial charge in [-0.2, -0.15) is 0 Å². The third kappa shape index (κ3) is 5.46. The van der Waals surface area contributed by atoms with Crippen LogP contribution in [0.25, 0.3) is 0 Å². The first-order valence-electron chi connectivity index (χ1n) is 9.49. The molecule has 0 atom stereocenters. The Hall–Kier alpha value is -3.08. The molecule has 5 heteroatoms. The number of urea groups is 1. The summed E-state index contributed by atoms with van der Waals surface area (Å²) in [5.41, 5.74) is 4.42. The van der Waals surface area contributed by atoms with E-state index in [1.807, 2.05) is 45.0 Å². The van der Waals surface area contributed by atoms with Gasteiger partial charge in [0.1, 0.15) is 5.76 Å². The molecule has 3 aromatic rings. The number of rotatable bonds is 5. The van der Waals surface area contributed by atoms with E-state index in [4.69, 9.17) is 4.52 Å². The van der Waals surface area contributed by atoms with Gasteiger partial charge in [0, 0.05) is 17.2 Å². The van der Waals surface area contributed by atoms with Gasteiger partial charge in [-0.25, -0.2) is 4.79 Å². The summed E-state index contributed by atoms with van der Waals surface area (Å²) in [5.74, 6) is 1.12. The van der Waals surface area contributed by atoms with Crippen molar-refractivity contribution in [2.24, 2.45) is 0 Å². The van der Waals surface area contributed by atoms with Crippen molar-refractivity contribution in [2.75, 3.05) is 10.6 Å². The SMILES string of the molecule is Cc1ccc(CCc2ccc(NC(=O)Nc3cc(C(C)(C)C)on3)cc2)cc1. The van der Waals surface area contributed by atoms with Crippen molar-refractivity contribution in [3.63, 3.8) is 0 Å². The highest BCUT2D eigenvalue weighted by Crippen LogP contribution is 2.24. The Morgan fingerprint density at radius 1 is 0.929 bits per heavy atom. The van der Waals surface area contributed by atoms with Gasteiger partial charge in [0.25, 0.3) is 0 Å². The second-order valence-electron chi connectivity index (χ2n) is 8.09. The predicted molar refractivity (Wildman–Crippen MR) is 113 cm³/mol. The second kappa shape index (κ2) is 8.30. The first-order chi connectivity index (χ1) is 13.3. The Balaban J connectivity index is 1.51. The van der Waals surface area contributed by atoms with Crippen LogP contribution in [0.3, 0.4) is 0 Å². The van der Waals surface area contributed by atoms with E-state index in [-0.39, 0.29) is 11.4 Å². The zero-order chi connectivity index (χ0) is 20.1. The lowest BCUT2D eigenvalue weighted by atomic mass is 9.93. The van der Waals surface area contributed by atoms with Gasteiger partial charge in [0.2, 0.25) is 0 Å². The van der Waals surface area contributed by atoms with E-state index in [9.17, 15) is 4.79 Å². The molecule has 0 aliphatic carbocycles. The molecule has 2 amide bonds. The molecule has 1 heterocycles. The van der Waals surface area contributed by atoms with Gasteiger partial charge in [0.15, 0.2) is 5.82 Å². The van der Waals surface area contributed by atoms with Crippen LogP contribution in [0, 0.1) is 6.92 Å². The number of carbonyl (C=O) groups excluding carboxylic acids is 1. The highest BCUT2D eigenvalue weighted by atomic mass is 16.5. The standard InChI is InChI=1S/C23H27N3O2/c1-16-5-7-17(8-6-16)9-10-18-11-13-19(14-12-18)24-22(27)25-21-15-20(28-26-21)23(2,3)4/h5-8,11-15H,9-10H2,1-4H3,(H2,24,25,26,27). The highest BCUT2D eigenvalue weighted by molar-refractivity contribution is 5.99. The smallest absolute Gasteiger partial charge is 0.324 e. The van der Waals surface area contributed by atoms with Gasteiger partial charge < -0.3 is 9.84 Å². The molecule has 0 aliphatic heterocycles. The molecule has 0 radical (unpaired) electrons. The maximum Gasteiger partial charge on any atom is 0.324 e. The fourth-order valence-corrected chi connectivity index (χ4v) is 2.76. The molecule has 3 rings (SSSR count). The Morgan fingerprint density at radius 2 is 1.50 bits per heavy atom. The molecule has 0 spiro atoms. The molecule has 0 bridgehead atoms. The number of nitrogens with one attached hydrogen (secondary N) is 2. The van der Waals surface area contributed by atoms with Gasteiger partial charge in [0.05, 0.1) is 0 Å². The summed E-state index contributed by atoms with van der Waals surface area (Å²) < 4.78 is 5.27. The molecule has 5 nitrogen and oxygen atoms in total. The van der Waals surface area contributed by atoms with E-state index < -0.39 is 0 Å². The Morgan fingerprint density at radius 3 is 2.04 bits per heavy atom.